The van der Waals surface area contributed by atoms with Crippen LogP contribution in [0.3, 0.4) is 0 Å². The third-order valence-electron chi connectivity index (χ3n) is 5.42. The molecular weight excluding hydrogens is 390 g/mol. The molecule has 0 aliphatic heterocycles. The van der Waals surface area contributed by atoms with E-state index in [9.17, 15) is 30.1 Å². The Morgan fingerprint density at radius 3 is 2.50 bits per heavy atom. The summed E-state index contributed by atoms with van der Waals surface area (Å²) in [5.74, 6) is -1.44. The van der Waals surface area contributed by atoms with Crippen molar-refractivity contribution in [2.24, 2.45) is 5.92 Å². The van der Waals surface area contributed by atoms with E-state index in [1.165, 1.54) is 6.08 Å². The second-order valence-corrected chi connectivity index (χ2v) is 7.52. The molecule has 8 nitrogen and oxygen atoms in total. The van der Waals surface area contributed by atoms with Gasteiger partial charge in [0.25, 0.3) is 5.56 Å². The van der Waals surface area contributed by atoms with E-state index in [1.54, 1.807) is 18.2 Å². The molecule has 5 N–H and O–H groups in total. The Morgan fingerprint density at radius 2 is 1.90 bits per heavy atom. The second kappa shape index (κ2) is 10.4. The van der Waals surface area contributed by atoms with Crippen LogP contribution < -0.4 is 5.56 Å². The quantitative estimate of drug-likeness (QED) is 0.187. The van der Waals surface area contributed by atoms with E-state index in [-0.39, 0.29) is 48.5 Å². The molecule has 0 aromatic carbocycles. The molecular formula is C22H29NO7. The first-order valence-electron chi connectivity index (χ1n) is 9.99. The molecule has 1 aliphatic carbocycles. The Balaban J connectivity index is 2.25. The number of aliphatic hydroxyl groups excluding tert-OH is 2. The minimum atomic E-state index is -1.56. The van der Waals surface area contributed by atoms with Crippen LogP contribution in [-0.4, -0.2) is 48.9 Å². The molecule has 1 heterocycles. The number of aromatic hydroxyl groups is 1. The fourth-order valence-electron chi connectivity index (χ4n) is 3.41. The summed E-state index contributed by atoms with van der Waals surface area (Å²) in [6, 6.07) is 0. The molecule has 1 aliphatic rings. The normalized spacial score (nSPS) is 23.5. The van der Waals surface area contributed by atoms with Gasteiger partial charge >= 0.3 is 0 Å². The number of allylic oxidation sites excluding steroid dienone is 5. The molecule has 1 atom stereocenters. The number of aliphatic hydroxyl groups is 3. The SMILES string of the molecule is CC[C@H](C=CC=CC=CC(=O)c1c(O)c(C2(O)CCC(O)CC2)cn(O)c1=O)CO. The van der Waals surface area contributed by atoms with Crippen molar-refractivity contribution in [1.29, 1.82) is 0 Å². The predicted molar refractivity (Wildman–Crippen MR) is 111 cm³/mol. The van der Waals surface area contributed by atoms with Crippen LogP contribution in [0.25, 0.3) is 0 Å². The first-order valence-corrected chi connectivity index (χ1v) is 9.99. The summed E-state index contributed by atoms with van der Waals surface area (Å²) in [7, 11) is 0. The summed E-state index contributed by atoms with van der Waals surface area (Å²) >= 11 is 0. The molecule has 0 radical (unpaired) electrons. The maximum Gasteiger partial charge on any atom is 0.297 e. The molecule has 8 heteroatoms. The summed E-state index contributed by atoms with van der Waals surface area (Å²) in [4.78, 5) is 24.7. The number of nitrogens with zero attached hydrogens (tertiary/aromatic N) is 1. The first-order chi connectivity index (χ1) is 14.2. The van der Waals surface area contributed by atoms with Crippen molar-refractivity contribution in [2.45, 2.75) is 50.7 Å². The van der Waals surface area contributed by atoms with Gasteiger partial charge in [0.1, 0.15) is 11.3 Å². The van der Waals surface area contributed by atoms with E-state index in [4.69, 9.17) is 5.11 Å². The number of carbonyl (C=O) groups excluding carboxylic acids is 1. The molecule has 0 bridgehead atoms. The van der Waals surface area contributed by atoms with E-state index in [1.807, 2.05) is 13.0 Å². The van der Waals surface area contributed by atoms with Gasteiger partial charge in [0, 0.05) is 12.2 Å². The number of hydrogen-bond donors (Lipinski definition) is 5. The minimum absolute atomic E-state index is 0.0452. The van der Waals surface area contributed by atoms with E-state index < -0.39 is 34.4 Å². The van der Waals surface area contributed by atoms with Gasteiger partial charge in [-0.2, -0.15) is 4.73 Å². The Hall–Kier alpha value is -2.68. The van der Waals surface area contributed by atoms with Crippen LogP contribution in [0.15, 0.2) is 47.4 Å². The summed E-state index contributed by atoms with van der Waals surface area (Å²) in [6.07, 6.45) is 11.2. The zero-order valence-electron chi connectivity index (χ0n) is 16.9. The van der Waals surface area contributed by atoms with E-state index >= 15 is 0 Å². The largest absolute Gasteiger partial charge is 0.506 e. The van der Waals surface area contributed by atoms with Crippen LogP contribution >= 0.6 is 0 Å². The number of rotatable bonds is 8. The predicted octanol–water partition coefficient (Wildman–Crippen LogP) is 1.78. The zero-order chi connectivity index (χ0) is 22.3. The van der Waals surface area contributed by atoms with E-state index in [2.05, 4.69) is 0 Å². The second-order valence-electron chi connectivity index (χ2n) is 7.52. The lowest BCUT2D eigenvalue weighted by Crippen LogP contribution is -2.36. The Morgan fingerprint density at radius 1 is 1.27 bits per heavy atom. The summed E-state index contributed by atoms with van der Waals surface area (Å²) in [5, 5.41) is 50.1. The maximum atomic E-state index is 12.5. The molecule has 0 unspecified atom stereocenters. The van der Waals surface area contributed by atoms with Gasteiger partial charge in [0.15, 0.2) is 5.78 Å². The van der Waals surface area contributed by atoms with Crippen molar-refractivity contribution in [2.75, 3.05) is 6.61 Å². The van der Waals surface area contributed by atoms with Crippen LogP contribution in [0.2, 0.25) is 0 Å². The zero-order valence-corrected chi connectivity index (χ0v) is 16.9. The van der Waals surface area contributed by atoms with Crippen molar-refractivity contribution < 1.29 is 30.4 Å². The number of hydrogen-bond acceptors (Lipinski definition) is 7. The minimum Gasteiger partial charge on any atom is -0.506 e. The van der Waals surface area contributed by atoms with Gasteiger partial charge in [-0.3, -0.25) is 9.59 Å². The van der Waals surface area contributed by atoms with Gasteiger partial charge in [-0.15, -0.1) is 0 Å². The molecule has 2 rings (SSSR count). The molecule has 30 heavy (non-hydrogen) atoms. The lowest BCUT2D eigenvalue weighted by Gasteiger charge is -2.35. The van der Waals surface area contributed by atoms with Crippen molar-refractivity contribution >= 4 is 5.78 Å². The Labute approximate surface area is 174 Å². The molecule has 1 saturated carbocycles. The van der Waals surface area contributed by atoms with Gasteiger partial charge in [-0.1, -0.05) is 37.3 Å². The van der Waals surface area contributed by atoms with Gasteiger partial charge in [0.2, 0.25) is 0 Å². The molecule has 1 aromatic rings. The van der Waals surface area contributed by atoms with Gasteiger partial charge < -0.3 is 25.6 Å². The highest BCUT2D eigenvalue weighted by molar-refractivity contribution is 6.06. The lowest BCUT2D eigenvalue weighted by molar-refractivity contribution is -0.0389. The summed E-state index contributed by atoms with van der Waals surface area (Å²) in [6.45, 7) is 2.00. The monoisotopic (exact) mass is 419 g/mol. The van der Waals surface area contributed by atoms with Crippen molar-refractivity contribution in [1.82, 2.24) is 4.73 Å². The first kappa shape index (κ1) is 23.6. The van der Waals surface area contributed by atoms with Gasteiger partial charge in [0.05, 0.1) is 17.9 Å². The molecule has 1 fully saturated rings. The van der Waals surface area contributed by atoms with Crippen molar-refractivity contribution in [3.05, 3.63) is 64.1 Å². The highest BCUT2D eigenvalue weighted by Crippen LogP contribution is 2.41. The maximum absolute atomic E-state index is 12.5. The van der Waals surface area contributed by atoms with Crippen molar-refractivity contribution in [3.8, 4) is 5.75 Å². The number of aromatic nitrogens is 1. The standard InChI is InChI=1S/C22H29NO7/c1-2-15(14-24)7-5-3-4-6-8-18(26)19-20(27)17(13-23(30)21(19)28)22(29)11-9-16(25)10-12-22/h3-8,13,15-16,24-25,27,29-30H,2,9-12,14H2,1H3/t15-,16?,22?/m1/s1. The average molecular weight is 419 g/mol. The Kier molecular flexibility index (Phi) is 8.16. The van der Waals surface area contributed by atoms with Crippen LogP contribution in [0, 0.1) is 5.92 Å². The fourth-order valence-corrected chi connectivity index (χ4v) is 3.41. The number of pyridine rings is 1. The topological polar surface area (TPSA) is 140 Å². The third-order valence-corrected chi connectivity index (χ3v) is 5.42. The third kappa shape index (κ3) is 5.47. The van der Waals surface area contributed by atoms with Crippen LogP contribution in [-0.2, 0) is 5.60 Å². The van der Waals surface area contributed by atoms with E-state index in [0.717, 1.165) is 18.7 Å². The fraction of sp³-hybridized carbons (Fsp3) is 0.455. The molecule has 164 valence electrons. The Bertz CT molecular complexity index is 885. The van der Waals surface area contributed by atoms with Gasteiger partial charge in [-0.25, -0.2) is 0 Å². The van der Waals surface area contributed by atoms with E-state index in [0.29, 0.717) is 0 Å². The smallest absolute Gasteiger partial charge is 0.297 e. The highest BCUT2D eigenvalue weighted by Gasteiger charge is 2.38. The van der Waals surface area contributed by atoms with Gasteiger partial charge in [-0.05, 0) is 44.1 Å². The summed E-state index contributed by atoms with van der Waals surface area (Å²) < 4.78 is 0.178. The lowest BCUT2D eigenvalue weighted by atomic mass is 9.78. The molecule has 0 spiro atoms. The molecule has 0 saturated heterocycles. The molecule has 0 amide bonds. The van der Waals surface area contributed by atoms with Crippen LogP contribution in [0.4, 0.5) is 0 Å². The highest BCUT2D eigenvalue weighted by atomic mass is 16.5. The molecule has 1 aromatic heterocycles. The average Bonchev–Trinajstić information content (AvgIpc) is 2.72. The van der Waals surface area contributed by atoms with Crippen LogP contribution in [0.5, 0.6) is 5.75 Å². The number of ketones is 1. The van der Waals surface area contributed by atoms with Crippen LogP contribution in [0.1, 0.15) is 54.9 Å². The summed E-state index contributed by atoms with van der Waals surface area (Å²) in [5.41, 5.74) is -3.42. The number of carbonyl (C=O) groups is 1. The van der Waals surface area contributed by atoms with Crippen molar-refractivity contribution in [3.63, 3.8) is 0 Å².